The number of carboxylic acids is 1. The number of ether oxygens (including phenoxy) is 3. The van der Waals surface area contributed by atoms with Crippen LogP contribution in [0.4, 0.5) is 0 Å². The molecule has 9 N–H and O–H groups in total. The lowest BCUT2D eigenvalue weighted by molar-refractivity contribution is -0.164. The van der Waals surface area contributed by atoms with Crippen molar-refractivity contribution >= 4 is 29.5 Å². The van der Waals surface area contributed by atoms with Crippen molar-refractivity contribution in [2.24, 2.45) is 5.73 Å². The number of nitrogens with two attached hydrogens (primary N) is 1. The molecule has 1 aliphatic rings. The number of carbonyl (C=O) groups is 3. The third kappa shape index (κ3) is 9.76. The van der Waals surface area contributed by atoms with E-state index >= 15 is 0 Å². The van der Waals surface area contributed by atoms with Crippen LogP contribution in [0.3, 0.4) is 0 Å². The lowest BCUT2D eigenvalue weighted by Crippen LogP contribution is -2.48. The minimum atomic E-state index is -2.20. The first-order chi connectivity index (χ1) is 19.4. The number of nitrogens with one attached hydrogen (secondary N) is 1. The summed E-state index contributed by atoms with van der Waals surface area (Å²) in [6, 6.07) is 7.05. The van der Waals surface area contributed by atoms with E-state index in [0.717, 1.165) is 0 Å². The normalized spacial score (nSPS) is 17.9. The molecule has 5 atom stereocenters. The summed E-state index contributed by atoms with van der Waals surface area (Å²) in [7, 11) is 1.29. The minimum Gasteiger partial charge on any atom is -0.479 e. The predicted molar refractivity (Wildman–Crippen MR) is 144 cm³/mol. The molecule has 2 rings (SSSR count). The SMILES string of the molecule is CCOC(=O)C1=C(COCCN)NC(C)=C(C(=O)OC)C1c1ccccc1Cl.O=C(O)C(O)C(O)C(O)C(O)CO. The van der Waals surface area contributed by atoms with Crippen LogP contribution >= 0.6 is 11.6 Å². The summed E-state index contributed by atoms with van der Waals surface area (Å²) in [6.45, 7) is 3.57. The first-order valence-electron chi connectivity index (χ1n) is 12.4. The third-order valence-corrected chi connectivity index (χ3v) is 6.12. The zero-order valence-corrected chi connectivity index (χ0v) is 23.6. The molecule has 0 saturated carbocycles. The number of dihydropyridines is 1. The number of hydrogen-bond acceptors (Lipinski definition) is 13. The van der Waals surface area contributed by atoms with E-state index in [1.807, 2.05) is 0 Å². The molecular weight excluding hydrogens is 568 g/mol. The van der Waals surface area contributed by atoms with Gasteiger partial charge in [-0.15, -0.1) is 0 Å². The zero-order valence-electron chi connectivity index (χ0n) is 22.8. The monoisotopic (exact) mass is 604 g/mol. The Balaban J connectivity index is 0.000000545. The highest BCUT2D eigenvalue weighted by atomic mass is 35.5. The number of methoxy groups -OCH3 is 1. The van der Waals surface area contributed by atoms with Gasteiger partial charge in [-0.25, -0.2) is 14.4 Å². The molecule has 0 aromatic heterocycles. The number of allylic oxidation sites excluding steroid dienone is 1. The molecule has 41 heavy (non-hydrogen) atoms. The van der Waals surface area contributed by atoms with Gasteiger partial charge in [-0.2, -0.15) is 0 Å². The lowest BCUT2D eigenvalue weighted by atomic mass is 9.80. The Kier molecular flexibility index (Phi) is 15.5. The van der Waals surface area contributed by atoms with Crippen molar-refractivity contribution < 1.29 is 59.2 Å². The Morgan fingerprint density at radius 3 is 2.22 bits per heavy atom. The molecular formula is C26H37ClN2O12. The zero-order chi connectivity index (χ0) is 31.3. The molecule has 230 valence electrons. The van der Waals surface area contributed by atoms with Crippen molar-refractivity contribution in [2.45, 2.75) is 44.2 Å². The molecule has 1 aromatic carbocycles. The van der Waals surface area contributed by atoms with E-state index in [0.29, 0.717) is 40.7 Å². The second kappa shape index (κ2) is 17.7. The van der Waals surface area contributed by atoms with Crippen LogP contribution in [0.25, 0.3) is 0 Å². The lowest BCUT2D eigenvalue weighted by Gasteiger charge is -2.31. The van der Waals surface area contributed by atoms with Crippen LogP contribution in [0, 0.1) is 0 Å². The van der Waals surface area contributed by atoms with Crippen LogP contribution in [0.15, 0.2) is 46.8 Å². The smallest absolute Gasteiger partial charge is 0.336 e. The van der Waals surface area contributed by atoms with Crippen molar-refractivity contribution in [1.29, 1.82) is 0 Å². The maximum atomic E-state index is 12.9. The molecule has 1 aliphatic heterocycles. The van der Waals surface area contributed by atoms with Crippen LogP contribution < -0.4 is 11.1 Å². The Morgan fingerprint density at radius 2 is 1.71 bits per heavy atom. The van der Waals surface area contributed by atoms with E-state index in [2.05, 4.69) is 5.32 Å². The van der Waals surface area contributed by atoms with Crippen molar-refractivity contribution in [3.8, 4) is 0 Å². The maximum Gasteiger partial charge on any atom is 0.336 e. The minimum absolute atomic E-state index is 0.109. The summed E-state index contributed by atoms with van der Waals surface area (Å²) >= 11 is 6.42. The molecule has 14 nitrogen and oxygen atoms in total. The van der Waals surface area contributed by atoms with Gasteiger partial charge in [0, 0.05) is 17.3 Å². The van der Waals surface area contributed by atoms with Gasteiger partial charge in [0.25, 0.3) is 0 Å². The Labute approximate surface area is 241 Å². The van der Waals surface area contributed by atoms with Crippen LogP contribution in [-0.4, -0.2) is 113 Å². The summed E-state index contributed by atoms with van der Waals surface area (Å²) in [6.07, 6.45) is -7.84. The van der Waals surface area contributed by atoms with Crippen LogP contribution in [0.1, 0.15) is 25.3 Å². The van der Waals surface area contributed by atoms with Crippen LogP contribution in [0.5, 0.6) is 0 Å². The van der Waals surface area contributed by atoms with E-state index in [9.17, 15) is 14.4 Å². The predicted octanol–water partition coefficient (Wildman–Crippen LogP) is -1.23. The van der Waals surface area contributed by atoms with Gasteiger partial charge in [0.05, 0.1) is 56.3 Å². The fourth-order valence-electron chi connectivity index (χ4n) is 3.79. The number of benzene rings is 1. The van der Waals surface area contributed by atoms with Crippen LogP contribution in [0.2, 0.25) is 5.02 Å². The molecule has 5 unspecified atom stereocenters. The van der Waals surface area contributed by atoms with E-state index < -0.39 is 54.8 Å². The quantitative estimate of drug-likeness (QED) is 0.0972. The van der Waals surface area contributed by atoms with Crippen molar-refractivity contribution in [1.82, 2.24) is 5.32 Å². The standard InChI is InChI=1S/C20H25ClN2O5.C6H12O7/c1-4-28-20(25)18-15(11-27-10-9-22)23-12(2)16(19(24)26-3)17(18)13-7-5-6-8-14(13)21;7-1-2(8)3(9)4(10)5(11)6(12)13/h5-8,17,23H,4,9-11,22H2,1-3H3;2-5,7-11H,1H2,(H,12,13). The van der Waals surface area contributed by atoms with Gasteiger partial charge >= 0.3 is 17.9 Å². The molecule has 0 saturated heterocycles. The van der Waals surface area contributed by atoms with E-state index in [4.69, 9.17) is 62.2 Å². The number of halogens is 1. The number of carboxylic acid groups (broad SMARTS) is 1. The summed E-state index contributed by atoms with van der Waals surface area (Å²) < 4.78 is 15.8. The second-order valence-electron chi connectivity index (χ2n) is 8.58. The fraction of sp³-hybridized carbons (Fsp3) is 0.500. The van der Waals surface area contributed by atoms with Crippen molar-refractivity contribution in [2.75, 3.05) is 40.1 Å². The summed E-state index contributed by atoms with van der Waals surface area (Å²) in [5.41, 5.74) is 7.70. The number of carbonyl (C=O) groups excluding carboxylic acids is 2. The fourth-order valence-corrected chi connectivity index (χ4v) is 4.03. The average molecular weight is 605 g/mol. The summed E-state index contributed by atoms with van der Waals surface area (Å²) in [5, 5.41) is 55.3. The second-order valence-corrected chi connectivity index (χ2v) is 8.99. The number of rotatable bonds is 13. The molecule has 0 spiro atoms. The van der Waals surface area contributed by atoms with Gasteiger partial charge < -0.3 is 55.9 Å². The number of hydrogen-bond donors (Lipinski definition) is 8. The molecule has 1 aromatic rings. The van der Waals surface area contributed by atoms with E-state index in [-0.39, 0.29) is 18.8 Å². The molecule has 0 bridgehead atoms. The number of aliphatic hydroxyl groups excluding tert-OH is 5. The molecule has 0 radical (unpaired) electrons. The van der Waals surface area contributed by atoms with Gasteiger partial charge in [0.2, 0.25) is 0 Å². The topological polar surface area (TPSA) is 238 Å². The average Bonchev–Trinajstić information content (AvgIpc) is 2.95. The molecule has 0 amide bonds. The number of esters is 2. The Morgan fingerprint density at radius 1 is 1.07 bits per heavy atom. The highest BCUT2D eigenvalue weighted by Gasteiger charge is 2.39. The number of aliphatic carboxylic acids is 1. The van der Waals surface area contributed by atoms with Gasteiger partial charge in [-0.3, -0.25) is 0 Å². The molecule has 0 aliphatic carbocycles. The molecule has 0 fully saturated rings. The Bertz CT molecular complexity index is 1110. The molecule has 15 heteroatoms. The highest BCUT2D eigenvalue weighted by molar-refractivity contribution is 6.31. The van der Waals surface area contributed by atoms with Crippen molar-refractivity contribution in [3.63, 3.8) is 0 Å². The summed E-state index contributed by atoms with van der Waals surface area (Å²) in [4.78, 5) is 35.6. The van der Waals surface area contributed by atoms with Gasteiger partial charge in [0.15, 0.2) is 6.10 Å². The highest BCUT2D eigenvalue weighted by Crippen LogP contribution is 2.41. The van der Waals surface area contributed by atoms with E-state index in [1.165, 1.54) is 7.11 Å². The molecule has 1 heterocycles. The van der Waals surface area contributed by atoms with Crippen molar-refractivity contribution in [3.05, 3.63) is 57.4 Å². The number of aliphatic hydroxyl groups is 5. The first kappa shape index (κ1) is 35.9. The third-order valence-electron chi connectivity index (χ3n) is 5.78. The Hall–Kier alpha value is -3.08. The van der Waals surface area contributed by atoms with Crippen LogP contribution in [-0.2, 0) is 28.6 Å². The maximum absolute atomic E-state index is 12.9. The van der Waals surface area contributed by atoms with Gasteiger partial charge in [-0.05, 0) is 25.5 Å². The summed E-state index contributed by atoms with van der Waals surface area (Å²) in [5.74, 6) is -3.59. The van der Waals surface area contributed by atoms with E-state index in [1.54, 1.807) is 38.1 Å². The first-order valence-corrected chi connectivity index (χ1v) is 12.8. The largest absolute Gasteiger partial charge is 0.479 e. The van der Waals surface area contributed by atoms with Gasteiger partial charge in [-0.1, -0.05) is 29.8 Å². The van der Waals surface area contributed by atoms with Gasteiger partial charge in [0.1, 0.15) is 18.3 Å².